The fourth-order valence-electron chi connectivity index (χ4n) is 2.78. The Morgan fingerprint density at radius 2 is 2.15 bits per heavy atom. The van der Waals surface area contributed by atoms with Gasteiger partial charge in [-0.25, -0.2) is 0 Å². The zero-order chi connectivity index (χ0) is 13.9. The fraction of sp³-hybridized carbons (Fsp3) is 0.467. The second-order valence-corrected chi connectivity index (χ2v) is 5.36. The van der Waals surface area contributed by atoms with Gasteiger partial charge in [0.25, 0.3) is 0 Å². The maximum Gasteiger partial charge on any atom is 0.241 e. The lowest BCUT2D eigenvalue weighted by molar-refractivity contribution is 0.123. The summed E-state index contributed by atoms with van der Waals surface area (Å²) >= 11 is 0. The van der Waals surface area contributed by atoms with Crippen LogP contribution in [-0.4, -0.2) is 39.3 Å². The van der Waals surface area contributed by atoms with Crippen molar-refractivity contribution < 1.29 is 9.63 Å². The number of aliphatic hydroxyl groups excluding tert-OH is 1. The molecule has 1 aliphatic rings. The molecule has 5 heteroatoms. The highest BCUT2D eigenvalue weighted by Gasteiger charge is 2.31. The van der Waals surface area contributed by atoms with Gasteiger partial charge in [0, 0.05) is 11.6 Å². The molecule has 1 aliphatic heterocycles. The highest BCUT2D eigenvalue weighted by atomic mass is 16.5. The van der Waals surface area contributed by atoms with E-state index >= 15 is 0 Å². The van der Waals surface area contributed by atoms with Crippen molar-refractivity contribution in [2.45, 2.75) is 25.9 Å². The van der Waals surface area contributed by atoms with Crippen molar-refractivity contribution in [3.63, 3.8) is 0 Å². The number of rotatable bonds is 4. The molecule has 2 heterocycles. The van der Waals surface area contributed by atoms with Crippen LogP contribution in [0.15, 0.2) is 34.9 Å². The molecule has 1 aromatic carbocycles. The Hall–Kier alpha value is -1.72. The largest absolute Gasteiger partial charge is 0.395 e. The van der Waals surface area contributed by atoms with E-state index in [2.05, 4.69) is 22.0 Å². The van der Waals surface area contributed by atoms with Crippen LogP contribution in [0.25, 0.3) is 11.4 Å². The van der Waals surface area contributed by atoms with Gasteiger partial charge in [-0.1, -0.05) is 42.4 Å². The smallest absolute Gasteiger partial charge is 0.241 e. The maximum absolute atomic E-state index is 9.46. The van der Waals surface area contributed by atoms with Crippen molar-refractivity contribution in [3.05, 3.63) is 36.2 Å². The van der Waals surface area contributed by atoms with Crippen LogP contribution in [0.1, 0.15) is 19.2 Å². The van der Waals surface area contributed by atoms with E-state index in [9.17, 15) is 5.11 Å². The van der Waals surface area contributed by atoms with Gasteiger partial charge in [-0.3, -0.25) is 4.90 Å². The Morgan fingerprint density at radius 3 is 2.90 bits per heavy atom. The lowest BCUT2D eigenvalue weighted by atomic mass is 10.0. The molecular formula is C15H19N3O2. The van der Waals surface area contributed by atoms with Crippen LogP contribution < -0.4 is 0 Å². The second-order valence-electron chi connectivity index (χ2n) is 5.36. The Kier molecular flexibility index (Phi) is 3.80. The average molecular weight is 273 g/mol. The molecule has 1 aromatic heterocycles. The Bertz CT molecular complexity index is 555. The molecule has 0 amide bonds. The van der Waals surface area contributed by atoms with Gasteiger partial charge in [0.1, 0.15) is 0 Å². The van der Waals surface area contributed by atoms with E-state index in [0.29, 0.717) is 24.2 Å². The minimum atomic E-state index is 0.181. The molecular weight excluding hydrogens is 254 g/mol. The van der Waals surface area contributed by atoms with Gasteiger partial charge in [-0.15, -0.1) is 0 Å². The molecule has 0 radical (unpaired) electrons. The lowest BCUT2D eigenvalue weighted by Crippen LogP contribution is -2.34. The minimum absolute atomic E-state index is 0.181. The van der Waals surface area contributed by atoms with Gasteiger partial charge in [0.05, 0.1) is 13.2 Å². The van der Waals surface area contributed by atoms with Crippen LogP contribution >= 0.6 is 0 Å². The topological polar surface area (TPSA) is 62.4 Å². The van der Waals surface area contributed by atoms with Crippen molar-refractivity contribution in [2.75, 3.05) is 13.2 Å². The molecule has 2 unspecified atom stereocenters. The summed E-state index contributed by atoms with van der Waals surface area (Å²) in [6.45, 7) is 3.93. The standard InChI is InChI=1S/C15H19N3O2/c1-11-7-8-18(13(11)10-19)9-14-16-15(17-20-14)12-5-3-2-4-6-12/h2-6,11,13,19H,7-10H2,1H3. The van der Waals surface area contributed by atoms with Crippen LogP contribution in [-0.2, 0) is 6.54 Å². The summed E-state index contributed by atoms with van der Waals surface area (Å²) in [7, 11) is 0. The van der Waals surface area contributed by atoms with Crippen molar-refractivity contribution >= 4 is 0 Å². The van der Waals surface area contributed by atoms with Crippen LogP contribution in [0.2, 0.25) is 0 Å². The number of likely N-dealkylation sites (tertiary alicyclic amines) is 1. The van der Waals surface area contributed by atoms with E-state index in [4.69, 9.17) is 4.52 Å². The molecule has 0 bridgehead atoms. The van der Waals surface area contributed by atoms with E-state index < -0.39 is 0 Å². The predicted molar refractivity (Wildman–Crippen MR) is 74.8 cm³/mol. The van der Waals surface area contributed by atoms with Gasteiger partial charge in [0.2, 0.25) is 11.7 Å². The predicted octanol–water partition coefficient (Wildman–Crippen LogP) is 1.94. The van der Waals surface area contributed by atoms with Gasteiger partial charge in [0.15, 0.2) is 0 Å². The molecule has 0 aliphatic carbocycles. The normalized spacial score (nSPS) is 23.3. The molecule has 20 heavy (non-hydrogen) atoms. The highest BCUT2D eigenvalue weighted by Crippen LogP contribution is 2.25. The average Bonchev–Trinajstić information content (AvgIpc) is 3.08. The summed E-state index contributed by atoms with van der Waals surface area (Å²) < 4.78 is 5.32. The summed E-state index contributed by atoms with van der Waals surface area (Å²) in [6.07, 6.45) is 1.10. The zero-order valence-corrected chi connectivity index (χ0v) is 11.6. The molecule has 1 fully saturated rings. The van der Waals surface area contributed by atoms with Crippen molar-refractivity contribution in [2.24, 2.45) is 5.92 Å². The molecule has 5 nitrogen and oxygen atoms in total. The van der Waals surface area contributed by atoms with E-state index in [1.807, 2.05) is 30.3 Å². The molecule has 0 saturated carbocycles. The molecule has 1 N–H and O–H groups in total. The summed E-state index contributed by atoms with van der Waals surface area (Å²) in [5.74, 6) is 1.74. The first-order valence-electron chi connectivity index (χ1n) is 7.01. The van der Waals surface area contributed by atoms with Crippen molar-refractivity contribution in [1.29, 1.82) is 0 Å². The third-order valence-corrected chi connectivity index (χ3v) is 4.02. The molecule has 1 saturated heterocycles. The quantitative estimate of drug-likeness (QED) is 0.922. The molecule has 2 atom stereocenters. The third-order valence-electron chi connectivity index (χ3n) is 4.02. The van der Waals surface area contributed by atoms with Gasteiger partial charge >= 0.3 is 0 Å². The number of aromatic nitrogens is 2. The van der Waals surface area contributed by atoms with Gasteiger partial charge < -0.3 is 9.63 Å². The summed E-state index contributed by atoms with van der Waals surface area (Å²) in [4.78, 5) is 6.65. The number of nitrogens with zero attached hydrogens (tertiary/aromatic N) is 3. The summed E-state index contributed by atoms with van der Waals surface area (Å²) in [5, 5.41) is 13.5. The first kappa shape index (κ1) is 13.3. The number of hydrogen-bond acceptors (Lipinski definition) is 5. The Morgan fingerprint density at radius 1 is 1.35 bits per heavy atom. The fourth-order valence-corrected chi connectivity index (χ4v) is 2.78. The van der Waals surface area contributed by atoms with E-state index in [1.54, 1.807) is 0 Å². The van der Waals surface area contributed by atoms with E-state index in [-0.39, 0.29) is 12.6 Å². The summed E-state index contributed by atoms with van der Waals surface area (Å²) in [5.41, 5.74) is 0.955. The Balaban J connectivity index is 1.72. The lowest BCUT2D eigenvalue weighted by Gasteiger charge is -2.23. The molecule has 3 rings (SSSR count). The molecule has 0 spiro atoms. The molecule has 2 aromatic rings. The number of benzene rings is 1. The second kappa shape index (κ2) is 5.73. The van der Waals surface area contributed by atoms with Gasteiger partial charge in [-0.2, -0.15) is 4.98 Å². The van der Waals surface area contributed by atoms with Crippen LogP contribution in [0, 0.1) is 5.92 Å². The van der Waals surface area contributed by atoms with Crippen molar-refractivity contribution in [3.8, 4) is 11.4 Å². The monoisotopic (exact) mass is 273 g/mol. The van der Waals surface area contributed by atoms with E-state index in [1.165, 1.54) is 0 Å². The summed E-state index contributed by atoms with van der Waals surface area (Å²) in [6, 6.07) is 9.99. The minimum Gasteiger partial charge on any atom is -0.395 e. The zero-order valence-electron chi connectivity index (χ0n) is 11.6. The highest BCUT2D eigenvalue weighted by molar-refractivity contribution is 5.53. The van der Waals surface area contributed by atoms with Crippen LogP contribution in [0.5, 0.6) is 0 Å². The van der Waals surface area contributed by atoms with Crippen LogP contribution in [0.4, 0.5) is 0 Å². The van der Waals surface area contributed by atoms with Crippen LogP contribution in [0.3, 0.4) is 0 Å². The Labute approximate surface area is 118 Å². The van der Waals surface area contributed by atoms with Crippen molar-refractivity contribution in [1.82, 2.24) is 15.0 Å². The van der Waals surface area contributed by atoms with E-state index in [0.717, 1.165) is 18.5 Å². The first-order valence-corrected chi connectivity index (χ1v) is 7.01. The maximum atomic E-state index is 9.46. The number of aliphatic hydroxyl groups is 1. The van der Waals surface area contributed by atoms with Gasteiger partial charge in [-0.05, 0) is 18.9 Å². The number of hydrogen-bond donors (Lipinski definition) is 1. The first-order chi connectivity index (χ1) is 9.78. The molecule has 106 valence electrons. The third kappa shape index (κ3) is 2.59. The SMILES string of the molecule is CC1CCN(Cc2nc(-c3ccccc3)no2)C1CO.